The molecular weight excluding hydrogens is 359 g/mol. The highest BCUT2D eigenvalue weighted by atomic mass is 19.1. The SMILES string of the molecule is Cc1c(Cc2ccc(F)c3ccncc23)c[nH]c1C(=O)NC(C)c1ncn[nH]1. The fourth-order valence-corrected chi connectivity index (χ4v) is 3.29. The number of rotatable bonds is 5. The van der Waals surface area contributed by atoms with Crippen molar-refractivity contribution in [2.24, 2.45) is 0 Å². The van der Waals surface area contributed by atoms with Crippen LogP contribution in [0.2, 0.25) is 0 Å². The van der Waals surface area contributed by atoms with Crippen LogP contribution in [0.25, 0.3) is 10.8 Å². The third-order valence-electron chi connectivity index (χ3n) is 4.90. The van der Waals surface area contributed by atoms with E-state index in [9.17, 15) is 9.18 Å². The van der Waals surface area contributed by atoms with E-state index in [0.717, 1.165) is 22.1 Å². The Bertz CT molecular complexity index is 1140. The van der Waals surface area contributed by atoms with Crippen LogP contribution >= 0.6 is 0 Å². The number of H-pyrrole nitrogens is 2. The summed E-state index contributed by atoms with van der Waals surface area (Å²) >= 11 is 0. The molecule has 1 aromatic carbocycles. The molecule has 0 saturated heterocycles. The first-order valence-corrected chi connectivity index (χ1v) is 8.88. The van der Waals surface area contributed by atoms with Gasteiger partial charge in [0.2, 0.25) is 0 Å². The number of carbonyl (C=O) groups is 1. The predicted molar refractivity (Wildman–Crippen MR) is 102 cm³/mol. The maximum Gasteiger partial charge on any atom is 0.268 e. The topological polar surface area (TPSA) is 99.3 Å². The van der Waals surface area contributed by atoms with Gasteiger partial charge in [0.05, 0.1) is 6.04 Å². The van der Waals surface area contributed by atoms with Crippen LogP contribution in [0, 0.1) is 12.7 Å². The Labute approximate surface area is 160 Å². The van der Waals surface area contributed by atoms with Crippen molar-refractivity contribution in [3.63, 3.8) is 0 Å². The molecule has 0 aliphatic heterocycles. The first kappa shape index (κ1) is 17.8. The lowest BCUT2D eigenvalue weighted by atomic mass is 9.98. The number of nitrogens with zero attached hydrogens (tertiary/aromatic N) is 3. The molecule has 3 N–H and O–H groups in total. The van der Waals surface area contributed by atoms with Crippen molar-refractivity contribution in [1.82, 2.24) is 30.5 Å². The van der Waals surface area contributed by atoms with Crippen LogP contribution in [0.3, 0.4) is 0 Å². The van der Waals surface area contributed by atoms with Crippen LogP contribution in [0.5, 0.6) is 0 Å². The van der Waals surface area contributed by atoms with Gasteiger partial charge in [-0.05, 0) is 49.1 Å². The molecule has 0 saturated carbocycles. The zero-order valence-electron chi connectivity index (χ0n) is 15.5. The van der Waals surface area contributed by atoms with Gasteiger partial charge in [-0.15, -0.1) is 0 Å². The van der Waals surface area contributed by atoms with Crippen molar-refractivity contribution in [3.8, 4) is 0 Å². The molecule has 142 valence electrons. The van der Waals surface area contributed by atoms with E-state index in [1.54, 1.807) is 24.5 Å². The van der Waals surface area contributed by atoms with Gasteiger partial charge >= 0.3 is 0 Å². The number of amides is 1. The zero-order valence-corrected chi connectivity index (χ0v) is 15.5. The molecule has 1 atom stereocenters. The molecule has 0 aliphatic rings. The molecule has 0 radical (unpaired) electrons. The summed E-state index contributed by atoms with van der Waals surface area (Å²) in [6.07, 6.45) is 7.03. The Kier molecular flexibility index (Phi) is 4.60. The fourth-order valence-electron chi connectivity index (χ4n) is 3.29. The van der Waals surface area contributed by atoms with Crippen molar-refractivity contribution >= 4 is 16.7 Å². The van der Waals surface area contributed by atoms with Crippen LogP contribution in [0.4, 0.5) is 4.39 Å². The molecule has 4 aromatic rings. The lowest BCUT2D eigenvalue weighted by molar-refractivity contribution is 0.0933. The maximum absolute atomic E-state index is 14.0. The van der Waals surface area contributed by atoms with Crippen molar-refractivity contribution in [1.29, 1.82) is 0 Å². The minimum Gasteiger partial charge on any atom is -0.357 e. The molecule has 1 unspecified atom stereocenters. The molecule has 8 heteroatoms. The second-order valence-corrected chi connectivity index (χ2v) is 6.68. The first-order chi connectivity index (χ1) is 13.5. The second kappa shape index (κ2) is 7.22. The van der Waals surface area contributed by atoms with Crippen molar-refractivity contribution in [2.45, 2.75) is 26.3 Å². The Hall–Kier alpha value is -3.55. The van der Waals surface area contributed by atoms with Crippen molar-refractivity contribution < 1.29 is 9.18 Å². The summed E-state index contributed by atoms with van der Waals surface area (Å²) in [5.41, 5.74) is 3.26. The van der Waals surface area contributed by atoms with E-state index in [1.807, 2.05) is 20.0 Å². The maximum atomic E-state index is 14.0. The van der Waals surface area contributed by atoms with Gasteiger partial charge < -0.3 is 10.3 Å². The number of fused-ring (bicyclic) bond motifs is 1. The molecule has 0 spiro atoms. The average Bonchev–Trinajstić information content (AvgIpc) is 3.35. The molecular formula is C20H19FN6O. The number of halogens is 1. The third-order valence-corrected chi connectivity index (χ3v) is 4.90. The average molecular weight is 378 g/mol. The number of aromatic amines is 2. The van der Waals surface area contributed by atoms with E-state index in [1.165, 1.54) is 12.4 Å². The van der Waals surface area contributed by atoms with Gasteiger partial charge in [0.1, 0.15) is 23.7 Å². The summed E-state index contributed by atoms with van der Waals surface area (Å²) in [5, 5.41) is 10.7. The third kappa shape index (κ3) is 3.24. The molecule has 3 heterocycles. The Morgan fingerprint density at radius 2 is 2.11 bits per heavy atom. The highest BCUT2D eigenvalue weighted by molar-refractivity contribution is 5.94. The Morgan fingerprint density at radius 3 is 2.89 bits per heavy atom. The number of carbonyl (C=O) groups excluding carboxylic acids is 1. The highest BCUT2D eigenvalue weighted by Crippen LogP contribution is 2.25. The Balaban J connectivity index is 1.58. The van der Waals surface area contributed by atoms with Gasteiger partial charge in [-0.2, -0.15) is 5.10 Å². The monoisotopic (exact) mass is 378 g/mol. The number of pyridine rings is 1. The number of hydrogen-bond donors (Lipinski definition) is 3. The van der Waals surface area contributed by atoms with E-state index in [4.69, 9.17) is 0 Å². The smallest absolute Gasteiger partial charge is 0.268 e. The minimum atomic E-state index is -0.298. The number of hydrogen-bond acceptors (Lipinski definition) is 4. The highest BCUT2D eigenvalue weighted by Gasteiger charge is 2.19. The van der Waals surface area contributed by atoms with Crippen LogP contribution in [-0.4, -0.2) is 31.1 Å². The summed E-state index contributed by atoms with van der Waals surface area (Å²) in [6.45, 7) is 3.72. The van der Waals surface area contributed by atoms with Crippen LogP contribution < -0.4 is 5.32 Å². The van der Waals surface area contributed by atoms with Gasteiger partial charge in [-0.25, -0.2) is 9.37 Å². The summed E-state index contributed by atoms with van der Waals surface area (Å²) in [4.78, 5) is 23.9. The number of nitrogens with one attached hydrogen (secondary N) is 3. The molecule has 4 rings (SSSR count). The summed E-state index contributed by atoms with van der Waals surface area (Å²) in [6, 6.07) is 4.60. The Morgan fingerprint density at radius 1 is 1.25 bits per heavy atom. The number of aromatic nitrogens is 5. The van der Waals surface area contributed by atoms with E-state index >= 15 is 0 Å². The quantitative estimate of drug-likeness (QED) is 0.496. The van der Waals surface area contributed by atoms with E-state index in [-0.39, 0.29) is 17.8 Å². The molecule has 1 amide bonds. The predicted octanol–water partition coefficient (Wildman–Crippen LogP) is 3.21. The second-order valence-electron chi connectivity index (χ2n) is 6.68. The largest absolute Gasteiger partial charge is 0.357 e. The normalized spacial score (nSPS) is 12.2. The van der Waals surface area contributed by atoms with E-state index in [2.05, 4.69) is 30.5 Å². The van der Waals surface area contributed by atoms with Crippen LogP contribution in [0.1, 0.15) is 46.0 Å². The van der Waals surface area contributed by atoms with Crippen LogP contribution in [-0.2, 0) is 6.42 Å². The molecule has 28 heavy (non-hydrogen) atoms. The minimum absolute atomic E-state index is 0.224. The zero-order chi connectivity index (χ0) is 19.7. The molecule has 0 aliphatic carbocycles. The number of benzene rings is 1. The first-order valence-electron chi connectivity index (χ1n) is 8.88. The van der Waals surface area contributed by atoms with Crippen molar-refractivity contribution in [3.05, 3.63) is 77.1 Å². The van der Waals surface area contributed by atoms with Crippen molar-refractivity contribution in [2.75, 3.05) is 0 Å². The lowest BCUT2D eigenvalue weighted by Crippen LogP contribution is -2.28. The van der Waals surface area contributed by atoms with Gasteiger partial charge in [0.25, 0.3) is 5.91 Å². The molecule has 7 nitrogen and oxygen atoms in total. The van der Waals surface area contributed by atoms with E-state index < -0.39 is 0 Å². The van der Waals surface area contributed by atoms with Gasteiger partial charge in [0, 0.05) is 29.4 Å². The van der Waals surface area contributed by atoms with Crippen LogP contribution in [0.15, 0.2) is 43.1 Å². The van der Waals surface area contributed by atoms with Gasteiger partial charge in [0.15, 0.2) is 0 Å². The standard InChI is InChI=1S/C20H19FN6O/c1-11-14(7-13-3-4-17(21)15-5-6-22-9-16(13)15)8-23-18(11)20(28)26-12(2)19-24-10-25-27-19/h3-6,8-10,12,23H,7H2,1-2H3,(H,26,28)(H,24,25,27). The summed E-state index contributed by atoms with van der Waals surface area (Å²) in [7, 11) is 0. The molecule has 0 fully saturated rings. The van der Waals surface area contributed by atoms with E-state index in [0.29, 0.717) is 23.3 Å². The fraction of sp³-hybridized carbons (Fsp3) is 0.200. The summed E-state index contributed by atoms with van der Waals surface area (Å²) < 4.78 is 14.0. The molecule has 0 bridgehead atoms. The molecule has 3 aromatic heterocycles. The van der Waals surface area contributed by atoms with Gasteiger partial charge in [-0.1, -0.05) is 6.07 Å². The summed E-state index contributed by atoms with van der Waals surface area (Å²) in [5.74, 6) is 0.0924. The lowest BCUT2D eigenvalue weighted by Gasteiger charge is -2.11. The van der Waals surface area contributed by atoms with Gasteiger partial charge in [-0.3, -0.25) is 14.9 Å².